The summed E-state index contributed by atoms with van der Waals surface area (Å²) in [6, 6.07) is 3.71. The fraction of sp³-hybridized carbons (Fsp3) is 0.533. The molecule has 120 valence electrons. The van der Waals surface area contributed by atoms with Crippen molar-refractivity contribution in [3.8, 4) is 6.07 Å². The Hall–Kier alpha value is -1.91. The third-order valence-corrected chi connectivity index (χ3v) is 3.62. The zero-order valence-electron chi connectivity index (χ0n) is 13.4. The van der Waals surface area contributed by atoms with Gasteiger partial charge in [0.05, 0.1) is 25.6 Å². The highest BCUT2D eigenvalue weighted by atomic mass is 32.1. The van der Waals surface area contributed by atoms with Crippen molar-refractivity contribution in [2.24, 2.45) is 0 Å². The average molecular weight is 323 g/mol. The van der Waals surface area contributed by atoms with Crippen LogP contribution >= 0.6 is 11.3 Å². The van der Waals surface area contributed by atoms with Gasteiger partial charge in [-0.25, -0.2) is 0 Å². The molecular formula is C15H23N4O2S+. The number of nitrogens with zero attached hydrogens (tertiary/aromatic N) is 1. The van der Waals surface area contributed by atoms with E-state index in [1.807, 2.05) is 33.9 Å². The Morgan fingerprint density at radius 2 is 2.05 bits per heavy atom. The molecular weight excluding hydrogens is 300 g/mol. The number of quaternary nitrogens is 1. The van der Waals surface area contributed by atoms with Crippen molar-refractivity contribution >= 4 is 28.2 Å². The first-order valence-electron chi connectivity index (χ1n) is 7.11. The van der Waals surface area contributed by atoms with Gasteiger partial charge in [-0.2, -0.15) is 5.26 Å². The van der Waals surface area contributed by atoms with E-state index in [2.05, 4.69) is 10.6 Å². The Kier molecular flexibility index (Phi) is 6.53. The van der Waals surface area contributed by atoms with Crippen LogP contribution in [0.1, 0.15) is 32.8 Å². The molecule has 0 aliphatic carbocycles. The van der Waals surface area contributed by atoms with Crippen molar-refractivity contribution in [2.45, 2.75) is 32.7 Å². The quantitative estimate of drug-likeness (QED) is 0.707. The van der Waals surface area contributed by atoms with Crippen LogP contribution < -0.4 is 15.5 Å². The summed E-state index contributed by atoms with van der Waals surface area (Å²) < 4.78 is 0. The fourth-order valence-electron chi connectivity index (χ4n) is 1.84. The summed E-state index contributed by atoms with van der Waals surface area (Å²) in [6.45, 7) is 6.67. The van der Waals surface area contributed by atoms with Gasteiger partial charge in [0.25, 0.3) is 5.91 Å². The van der Waals surface area contributed by atoms with Gasteiger partial charge in [0.15, 0.2) is 6.54 Å². The molecule has 3 N–H and O–H groups in total. The number of rotatable bonds is 6. The highest BCUT2D eigenvalue weighted by molar-refractivity contribution is 7.14. The van der Waals surface area contributed by atoms with Gasteiger partial charge < -0.3 is 15.5 Å². The first kappa shape index (κ1) is 18.1. The number of hydrogen-bond acceptors (Lipinski definition) is 4. The van der Waals surface area contributed by atoms with Crippen LogP contribution in [0.25, 0.3) is 0 Å². The Balaban J connectivity index is 2.35. The number of anilines is 1. The SMILES string of the molecule is C[NH+](CCC(=O)Nc1sccc1C#N)CC(=O)NC(C)(C)C. The standard InChI is InChI=1S/C15H22N4O2S/c1-15(2,3)18-13(21)10-19(4)7-5-12(20)17-14-11(9-16)6-8-22-14/h6,8H,5,7,10H2,1-4H3,(H,17,20)(H,18,21)/p+1. The van der Waals surface area contributed by atoms with Crippen LogP contribution in [0.4, 0.5) is 5.00 Å². The van der Waals surface area contributed by atoms with Gasteiger partial charge in [-0.15, -0.1) is 11.3 Å². The Morgan fingerprint density at radius 1 is 1.36 bits per heavy atom. The largest absolute Gasteiger partial charge is 0.347 e. The summed E-state index contributed by atoms with van der Waals surface area (Å²) in [7, 11) is 1.88. The maximum absolute atomic E-state index is 11.9. The van der Waals surface area contributed by atoms with E-state index < -0.39 is 0 Å². The summed E-state index contributed by atoms with van der Waals surface area (Å²) in [5.41, 5.74) is 0.227. The van der Waals surface area contributed by atoms with Crippen molar-refractivity contribution in [1.82, 2.24) is 5.32 Å². The number of nitrogens with one attached hydrogen (secondary N) is 3. The van der Waals surface area contributed by atoms with Gasteiger partial charge in [0.1, 0.15) is 11.1 Å². The molecule has 0 saturated carbocycles. The summed E-state index contributed by atoms with van der Waals surface area (Å²) >= 11 is 1.33. The van der Waals surface area contributed by atoms with Crippen LogP contribution in [0.5, 0.6) is 0 Å². The van der Waals surface area contributed by atoms with Gasteiger partial charge in [0, 0.05) is 5.54 Å². The van der Waals surface area contributed by atoms with E-state index in [-0.39, 0.29) is 17.4 Å². The van der Waals surface area contributed by atoms with Gasteiger partial charge >= 0.3 is 0 Å². The molecule has 22 heavy (non-hydrogen) atoms. The van der Waals surface area contributed by atoms with E-state index in [1.54, 1.807) is 11.4 Å². The van der Waals surface area contributed by atoms with Crippen molar-refractivity contribution in [1.29, 1.82) is 5.26 Å². The third kappa shape index (κ3) is 6.70. The molecule has 0 fully saturated rings. The minimum atomic E-state index is -0.248. The second-order valence-corrected chi connectivity index (χ2v) is 7.17. The van der Waals surface area contributed by atoms with E-state index in [0.717, 1.165) is 4.90 Å². The fourth-order valence-corrected chi connectivity index (χ4v) is 2.59. The summed E-state index contributed by atoms with van der Waals surface area (Å²) in [6.07, 6.45) is 0.303. The highest BCUT2D eigenvalue weighted by Gasteiger charge is 2.18. The summed E-state index contributed by atoms with van der Waals surface area (Å²) in [5.74, 6) is -0.176. The molecule has 1 heterocycles. The van der Waals surface area contributed by atoms with Crippen LogP contribution in [0.3, 0.4) is 0 Å². The first-order chi connectivity index (χ1) is 10.2. The molecule has 1 aromatic rings. The van der Waals surface area contributed by atoms with Crippen molar-refractivity contribution < 1.29 is 14.5 Å². The first-order valence-corrected chi connectivity index (χ1v) is 7.99. The molecule has 0 saturated heterocycles. The molecule has 0 bridgehead atoms. The summed E-state index contributed by atoms with van der Waals surface area (Å²) in [4.78, 5) is 24.6. The minimum Gasteiger partial charge on any atom is -0.347 e. The Morgan fingerprint density at radius 3 is 2.64 bits per heavy atom. The van der Waals surface area contributed by atoms with E-state index >= 15 is 0 Å². The lowest BCUT2D eigenvalue weighted by Crippen LogP contribution is -3.10. The maximum atomic E-state index is 11.9. The lowest BCUT2D eigenvalue weighted by molar-refractivity contribution is -0.870. The number of carbonyl (C=O) groups excluding carboxylic acids is 2. The van der Waals surface area contributed by atoms with Crippen molar-refractivity contribution in [3.05, 3.63) is 17.0 Å². The predicted octanol–water partition coefficient (Wildman–Crippen LogP) is 0.378. The van der Waals surface area contributed by atoms with Crippen molar-refractivity contribution in [2.75, 3.05) is 25.5 Å². The number of amides is 2. The minimum absolute atomic E-state index is 0.0320. The van der Waals surface area contributed by atoms with Gasteiger partial charge in [-0.3, -0.25) is 9.59 Å². The van der Waals surface area contributed by atoms with E-state index in [1.165, 1.54) is 11.3 Å². The molecule has 2 amide bonds. The molecule has 0 spiro atoms. The van der Waals surface area contributed by atoms with Crippen LogP contribution in [-0.4, -0.2) is 37.5 Å². The molecule has 0 aromatic carbocycles. The molecule has 0 aliphatic heterocycles. The predicted molar refractivity (Wildman–Crippen MR) is 86.8 cm³/mol. The number of nitriles is 1. The van der Waals surface area contributed by atoms with E-state index in [9.17, 15) is 9.59 Å². The lowest BCUT2D eigenvalue weighted by Gasteiger charge is -2.21. The summed E-state index contributed by atoms with van der Waals surface area (Å²) in [5, 5.41) is 16.9. The van der Waals surface area contributed by atoms with Crippen molar-refractivity contribution in [3.63, 3.8) is 0 Å². The Bertz CT molecular complexity index is 569. The molecule has 1 rings (SSSR count). The molecule has 7 heteroatoms. The van der Waals surface area contributed by atoms with Gasteiger partial charge in [-0.05, 0) is 32.2 Å². The molecule has 0 radical (unpaired) electrons. The van der Waals surface area contributed by atoms with Crippen LogP contribution in [-0.2, 0) is 9.59 Å². The number of thiophene rings is 1. The molecule has 6 nitrogen and oxygen atoms in total. The number of hydrogen-bond donors (Lipinski definition) is 3. The average Bonchev–Trinajstić information content (AvgIpc) is 2.81. The number of likely N-dealkylation sites (N-methyl/N-ethyl adjacent to an activating group) is 1. The normalized spacial score (nSPS) is 12.3. The monoisotopic (exact) mass is 323 g/mol. The molecule has 1 aromatic heterocycles. The van der Waals surface area contributed by atoms with Crippen LogP contribution in [0.2, 0.25) is 0 Å². The highest BCUT2D eigenvalue weighted by Crippen LogP contribution is 2.21. The van der Waals surface area contributed by atoms with Gasteiger partial charge in [0.2, 0.25) is 5.91 Å². The smallest absolute Gasteiger partial charge is 0.275 e. The topological polar surface area (TPSA) is 86.4 Å². The third-order valence-electron chi connectivity index (χ3n) is 2.79. The molecule has 0 aliphatic rings. The second-order valence-electron chi connectivity index (χ2n) is 6.26. The van der Waals surface area contributed by atoms with E-state index in [4.69, 9.17) is 5.26 Å². The zero-order chi connectivity index (χ0) is 16.8. The molecule has 1 atom stereocenters. The Labute approximate surface area is 135 Å². The maximum Gasteiger partial charge on any atom is 0.275 e. The lowest BCUT2D eigenvalue weighted by atomic mass is 10.1. The van der Waals surface area contributed by atoms with Crippen LogP contribution in [0, 0.1) is 11.3 Å². The van der Waals surface area contributed by atoms with E-state index in [0.29, 0.717) is 30.1 Å². The van der Waals surface area contributed by atoms with Gasteiger partial charge in [-0.1, -0.05) is 0 Å². The zero-order valence-corrected chi connectivity index (χ0v) is 14.3. The number of carbonyl (C=O) groups is 2. The molecule has 1 unspecified atom stereocenters. The van der Waals surface area contributed by atoms with Crippen LogP contribution in [0.15, 0.2) is 11.4 Å². The second kappa shape index (κ2) is 7.92.